The Morgan fingerprint density at radius 2 is 1.80 bits per heavy atom. The van der Waals surface area contributed by atoms with Crippen LogP contribution in [0.4, 0.5) is 5.69 Å². The van der Waals surface area contributed by atoms with E-state index in [0.29, 0.717) is 19.6 Å². The van der Waals surface area contributed by atoms with Crippen LogP contribution in [0.3, 0.4) is 0 Å². The van der Waals surface area contributed by atoms with Crippen LogP contribution in [0, 0.1) is 0 Å². The summed E-state index contributed by atoms with van der Waals surface area (Å²) in [7, 11) is 1.64. The average Bonchev–Trinajstić information content (AvgIpc) is 2.80. The van der Waals surface area contributed by atoms with Crippen LogP contribution in [0.1, 0.15) is 17.5 Å². The van der Waals surface area contributed by atoms with Crippen molar-refractivity contribution < 1.29 is 14.3 Å². The third kappa shape index (κ3) is 4.74. The molecule has 0 saturated heterocycles. The number of para-hydroxylation sites is 2. The van der Waals surface area contributed by atoms with Crippen molar-refractivity contribution in [2.75, 3.05) is 18.6 Å². The number of carbonyl (C=O) groups excluding carboxylic acids is 1. The number of carbonyl (C=O) groups is 1. The van der Waals surface area contributed by atoms with Crippen LogP contribution in [-0.4, -0.2) is 25.7 Å². The Labute approximate surface area is 177 Å². The van der Waals surface area contributed by atoms with Gasteiger partial charge in [0.1, 0.15) is 18.1 Å². The van der Waals surface area contributed by atoms with Gasteiger partial charge in [0.2, 0.25) is 5.91 Å². The molecule has 1 unspecified atom stereocenters. The molecule has 30 heavy (non-hydrogen) atoms. The van der Waals surface area contributed by atoms with Gasteiger partial charge in [0.25, 0.3) is 0 Å². The summed E-state index contributed by atoms with van der Waals surface area (Å²) in [6.07, 6.45) is 0.366. The maximum Gasteiger partial charge on any atom is 0.222 e. The lowest BCUT2D eigenvalue weighted by Gasteiger charge is -2.38. The van der Waals surface area contributed by atoms with Crippen molar-refractivity contribution in [2.24, 2.45) is 0 Å². The molecular formula is C25H26N2O3. The summed E-state index contributed by atoms with van der Waals surface area (Å²) in [4.78, 5) is 15.0. The molecule has 154 valence electrons. The molecule has 4 rings (SSSR count). The SMILES string of the molecule is COc1cccc(CNC(=O)CC2COc3ccccc3N2Cc2ccccc2)c1. The molecule has 1 atom stereocenters. The fourth-order valence-corrected chi connectivity index (χ4v) is 3.72. The fraction of sp³-hybridized carbons (Fsp3) is 0.240. The second-order valence-electron chi connectivity index (χ2n) is 7.38. The number of nitrogens with one attached hydrogen (secondary N) is 1. The zero-order chi connectivity index (χ0) is 20.8. The molecule has 1 amide bonds. The normalized spacial score (nSPS) is 15.1. The van der Waals surface area contributed by atoms with Gasteiger partial charge in [-0.2, -0.15) is 0 Å². The number of amides is 1. The molecule has 1 aliphatic rings. The van der Waals surface area contributed by atoms with Crippen LogP contribution in [0.2, 0.25) is 0 Å². The van der Waals surface area contributed by atoms with Crippen LogP contribution in [-0.2, 0) is 17.9 Å². The van der Waals surface area contributed by atoms with E-state index in [4.69, 9.17) is 9.47 Å². The molecule has 1 N–H and O–H groups in total. The molecule has 5 nitrogen and oxygen atoms in total. The van der Waals surface area contributed by atoms with Gasteiger partial charge < -0.3 is 19.7 Å². The molecule has 1 aliphatic heterocycles. The molecule has 3 aromatic rings. The number of methoxy groups -OCH3 is 1. The van der Waals surface area contributed by atoms with Crippen molar-refractivity contribution >= 4 is 11.6 Å². The van der Waals surface area contributed by atoms with E-state index in [1.807, 2.05) is 60.7 Å². The van der Waals surface area contributed by atoms with Crippen LogP contribution in [0.15, 0.2) is 78.9 Å². The van der Waals surface area contributed by atoms with Gasteiger partial charge in [-0.25, -0.2) is 0 Å². The van der Waals surface area contributed by atoms with Crippen LogP contribution in [0.5, 0.6) is 11.5 Å². The monoisotopic (exact) mass is 402 g/mol. The predicted octanol–water partition coefficient (Wildman–Crippen LogP) is 4.17. The van der Waals surface area contributed by atoms with Crippen molar-refractivity contribution in [1.82, 2.24) is 5.32 Å². The van der Waals surface area contributed by atoms with Crippen LogP contribution in [0.25, 0.3) is 0 Å². The Hall–Kier alpha value is -3.47. The molecule has 3 aromatic carbocycles. The molecule has 1 heterocycles. The average molecular weight is 402 g/mol. The van der Waals surface area contributed by atoms with Gasteiger partial charge in [-0.15, -0.1) is 0 Å². The minimum absolute atomic E-state index is 0.00358. The quantitative estimate of drug-likeness (QED) is 0.645. The number of anilines is 1. The highest BCUT2D eigenvalue weighted by molar-refractivity contribution is 5.77. The van der Waals surface area contributed by atoms with Crippen molar-refractivity contribution in [3.05, 3.63) is 90.0 Å². The lowest BCUT2D eigenvalue weighted by molar-refractivity contribution is -0.121. The number of nitrogens with zero attached hydrogens (tertiary/aromatic N) is 1. The van der Waals surface area contributed by atoms with Crippen LogP contribution < -0.4 is 19.7 Å². The first-order valence-electron chi connectivity index (χ1n) is 10.1. The van der Waals surface area contributed by atoms with Gasteiger partial charge in [-0.1, -0.05) is 54.6 Å². The van der Waals surface area contributed by atoms with E-state index in [1.54, 1.807) is 7.11 Å². The second-order valence-corrected chi connectivity index (χ2v) is 7.38. The molecule has 0 saturated carbocycles. The summed E-state index contributed by atoms with van der Waals surface area (Å²) < 4.78 is 11.2. The minimum atomic E-state index is -0.0367. The summed E-state index contributed by atoms with van der Waals surface area (Å²) in [5.41, 5.74) is 3.24. The standard InChI is InChI=1S/C25H26N2O3/c1-29-22-11-7-10-20(14-22)16-26-25(28)15-21-18-30-24-13-6-5-12-23(24)27(21)17-19-8-3-2-4-9-19/h2-14,21H,15-18H2,1H3,(H,26,28). The Balaban J connectivity index is 1.45. The van der Waals surface area contributed by atoms with Crippen molar-refractivity contribution in [3.63, 3.8) is 0 Å². The van der Waals surface area contributed by atoms with E-state index in [2.05, 4.69) is 28.4 Å². The van der Waals surface area contributed by atoms with Crippen LogP contribution >= 0.6 is 0 Å². The Morgan fingerprint density at radius 3 is 2.63 bits per heavy atom. The molecular weight excluding hydrogens is 376 g/mol. The first-order valence-corrected chi connectivity index (χ1v) is 10.1. The summed E-state index contributed by atoms with van der Waals surface area (Å²) >= 11 is 0. The fourth-order valence-electron chi connectivity index (χ4n) is 3.72. The molecule has 0 spiro atoms. The molecule has 0 fully saturated rings. The molecule has 0 bridgehead atoms. The zero-order valence-electron chi connectivity index (χ0n) is 17.1. The number of hydrogen-bond donors (Lipinski definition) is 1. The highest BCUT2D eigenvalue weighted by Gasteiger charge is 2.29. The highest BCUT2D eigenvalue weighted by atomic mass is 16.5. The maximum atomic E-state index is 12.7. The van der Waals surface area contributed by atoms with Gasteiger partial charge in [0.05, 0.1) is 25.3 Å². The van der Waals surface area contributed by atoms with Crippen molar-refractivity contribution in [1.29, 1.82) is 0 Å². The van der Waals surface area contributed by atoms with E-state index < -0.39 is 0 Å². The van der Waals surface area contributed by atoms with E-state index >= 15 is 0 Å². The molecule has 0 radical (unpaired) electrons. The van der Waals surface area contributed by atoms with Gasteiger partial charge >= 0.3 is 0 Å². The lowest BCUT2D eigenvalue weighted by atomic mass is 10.1. The highest BCUT2D eigenvalue weighted by Crippen LogP contribution is 2.35. The largest absolute Gasteiger partial charge is 0.497 e. The Bertz CT molecular complexity index is 990. The van der Waals surface area contributed by atoms with Gasteiger partial charge in [0, 0.05) is 13.1 Å². The number of benzene rings is 3. The van der Waals surface area contributed by atoms with Crippen molar-refractivity contribution in [2.45, 2.75) is 25.6 Å². The molecule has 0 aromatic heterocycles. The number of rotatable bonds is 7. The summed E-state index contributed by atoms with van der Waals surface area (Å²) in [5.74, 6) is 1.65. The maximum absolute atomic E-state index is 12.7. The first kappa shape index (κ1) is 19.8. The van der Waals surface area contributed by atoms with Gasteiger partial charge in [-0.3, -0.25) is 4.79 Å². The zero-order valence-corrected chi connectivity index (χ0v) is 17.1. The third-order valence-electron chi connectivity index (χ3n) is 5.29. The van der Waals surface area contributed by atoms with Crippen molar-refractivity contribution in [3.8, 4) is 11.5 Å². The third-order valence-corrected chi connectivity index (χ3v) is 5.29. The summed E-state index contributed by atoms with van der Waals surface area (Å²) in [6.45, 7) is 1.68. The van der Waals surface area contributed by atoms with E-state index in [1.165, 1.54) is 5.56 Å². The first-order chi connectivity index (χ1) is 14.7. The smallest absolute Gasteiger partial charge is 0.222 e. The minimum Gasteiger partial charge on any atom is -0.497 e. The van der Waals surface area contributed by atoms with Gasteiger partial charge in [-0.05, 0) is 35.4 Å². The number of hydrogen-bond acceptors (Lipinski definition) is 4. The van der Waals surface area contributed by atoms with E-state index in [0.717, 1.165) is 29.3 Å². The van der Waals surface area contributed by atoms with E-state index in [-0.39, 0.29) is 11.9 Å². The summed E-state index contributed by atoms with van der Waals surface area (Å²) in [6, 6.07) is 26.0. The Kier molecular flexibility index (Phi) is 6.18. The predicted molar refractivity (Wildman–Crippen MR) is 118 cm³/mol. The van der Waals surface area contributed by atoms with Gasteiger partial charge in [0.15, 0.2) is 0 Å². The second kappa shape index (κ2) is 9.35. The lowest BCUT2D eigenvalue weighted by Crippen LogP contribution is -2.45. The summed E-state index contributed by atoms with van der Waals surface area (Å²) in [5, 5.41) is 3.03. The molecule has 5 heteroatoms. The van der Waals surface area contributed by atoms with E-state index in [9.17, 15) is 4.79 Å². The number of fused-ring (bicyclic) bond motifs is 1. The molecule has 0 aliphatic carbocycles. The topological polar surface area (TPSA) is 50.8 Å². The Morgan fingerprint density at radius 1 is 1.03 bits per heavy atom. The number of ether oxygens (including phenoxy) is 2.